The van der Waals surface area contributed by atoms with Gasteiger partial charge in [-0.15, -0.1) is 11.3 Å². The highest BCUT2D eigenvalue weighted by Gasteiger charge is 2.19. The summed E-state index contributed by atoms with van der Waals surface area (Å²) in [6.45, 7) is 0. The normalized spacial score (nSPS) is 14.2. The van der Waals surface area contributed by atoms with E-state index in [-0.39, 0.29) is 16.2 Å². The molecule has 0 radical (unpaired) electrons. The van der Waals surface area contributed by atoms with Gasteiger partial charge in [0.1, 0.15) is 4.21 Å². The van der Waals surface area contributed by atoms with Gasteiger partial charge in [-0.05, 0) is 73.5 Å². The molecule has 7 nitrogen and oxygen atoms in total. The third kappa shape index (κ3) is 5.23. The molecule has 3 aromatic rings. The molecule has 0 saturated heterocycles. The first-order valence-corrected chi connectivity index (χ1v) is 12.6. The van der Waals surface area contributed by atoms with Crippen LogP contribution in [0.4, 0.5) is 11.4 Å². The monoisotopic (exact) mass is 472 g/mol. The maximum Gasteiger partial charge on any atom is 0.271 e. The number of thiophene rings is 1. The Labute approximate surface area is 191 Å². The third-order valence-corrected chi connectivity index (χ3v) is 7.96. The Morgan fingerprint density at radius 2 is 1.72 bits per heavy atom. The Morgan fingerprint density at radius 1 is 1.00 bits per heavy atom. The van der Waals surface area contributed by atoms with Crippen LogP contribution in [0.2, 0.25) is 0 Å². The smallest absolute Gasteiger partial charge is 0.271 e. The van der Waals surface area contributed by atoms with Crippen LogP contribution < -0.4 is 19.5 Å². The molecular formula is C23H24N2O5S2. The molecule has 168 valence electrons. The minimum atomic E-state index is -3.63. The van der Waals surface area contributed by atoms with Crippen LogP contribution in [0.1, 0.15) is 36.0 Å². The molecular weight excluding hydrogens is 448 g/mol. The van der Waals surface area contributed by atoms with Gasteiger partial charge >= 0.3 is 0 Å². The molecule has 1 aliphatic carbocycles. The fraction of sp³-hybridized carbons (Fsp3) is 0.261. The number of ether oxygens (including phenoxy) is 2. The molecule has 1 aliphatic rings. The topological polar surface area (TPSA) is 93.7 Å². The minimum Gasteiger partial charge on any atom is -0.493 e. The summed E-state index contributed by atoms with van der Waals surface area (Å²) in [5.74, 6) is 0.919. The number of anilines is 2. The van der Waals surface area contributed by atoms with E-state index in [2.05, 4.69) is 10.0 Å². The molecule has 1 aromatic heterocycles. The van der Waals surface area contributed by atoms with Crippen molar-refractivity contribution in [2.75, 3.05) is 17.1 Å². The standard InChI is InChI=1S/C23H24N2O5S2/c1-29-20-13-12-18(15-21(20)30-19-5-2-3-6-19)24-23(26)16-8-10-17(11-9-16)25-32(27,28)22-7-4-14-31-22/h4,7-15,19,25H,2-3,5-6H2,1H3,(H,24,26). The van der Waals surface area contributed by atoms with Gasteiger partial charge in [0, 0.05) is 23.0 Å². The number of benzene rings is 2. The van der Waals surface area contributed by atoms with Gasteiger partial charge in [-0.25, -0.2) is 8.42 Å². The van der Waals surface area contributed by atoms with Gasteiger partial charge in [0.2, 0.25) is 0 Å². The van der Waals surface area contributed by atoms with Crippen molar-refractivity contribution in [3.8, 4) is 11.5 Å². The molecule has 2 N–H and O–H groups in total. The Balaban J connectivity index is 1.43. The predicted molar refractivity (Wildman–Crippen MR) is 125 cm³/mol. The van der Waals surface area contributed by atoms with Gasteiger partial charge < -0.3 is 14.8 Å². The molecule has 0 unspecified atom stereocenters. The average molecular weight is 473 g/mol. The number of sulfonamides is 1. The van der Waals surface area contributed by atoms with Gasteiger partial charge in [-0.3, -0.25) is 9.52 Å². The lowest BCUT2D eigenvalue weighted by molar-refractivity contribution is 0.102. The van der Waals surface area contributed by atoms with E-state index in [1.165, 1.54) is 6.07 Å². The van der Waals surface area contributed by atoms with Crippen LogP contribution in [-0.2, 0) is 10.0 Å². The zero-order valence-corrected chi connectivity index (χ0v) is 19.2. The van der Waals surface area contributed by atoms with Crippen LogP contribution in [0, 0.1) is 0 Å². The number of carbonyl (C=O) groups excluding carboxylic acids is 1. The van der Waals surface area contributed by atoms with Gasteiger partial charge in [0.15, 0.2) is 11.5 Å². The molecule has 0 spiro atoms. The highest BCUT2D eigenvalue weighted by atomic mass is 32.2. The summed E-state index contributed by atoms with van der Waals surface area (Å²) in [5.41, 5.74) is 1.37. The first kappa shape index (κ1) is 22.2. The summed E-state index contributed by atoms with van der Waals surface area (Å²) in [5, 5.41) is 4.55. The highest BCUT2D eigenvalue weighted by molar-refractivity contribution is 7.94. The van der Waals surface area contributed by atoms with E-state index in [9.17, 15) is 13.2 Å². The second-order valence-electron chi connectivity index (χ2n) is 7.46. The van der Waals surface area contributed by atoms with Crippen LogP contribution in [0.3, 0.4) is 0 Å². The van der Waals surface area contributed by atoms with Crippen molar-refractivity contribution in [2.24, 2.45) is 0 Å². The molecule has 1 saturated carbocycles. The molecule has 1 fully saturated rings. The molecule has 9 heteroatoms. The number of carbonyl (C=O) groups is 1. The lowest BCUT2D eigenvalue weighted by atomic mass is 10.2. The Hall–Kier alpha value is -3.04. The molecule has 32 heavy (non-hydrogen) atoms. The number of hydrogen-bond donors (Lipinski definition) is 2. The SMILES string of the molecule is COc1ccc(NC(=O)c2ccc(NS(=O)(=O)c3cccs3)cc2)cc1OC1CCCC1. The van der Waals surface area contributed by atoms with Crippen LogP contribution >= 0.6 is 11.3 Å². The van der Waals surface area contributed by atoms with Crippen molar-refractivity contribution in [3.63, 3.8) is 0 Å². The van der Waals surface area contributed by atoms with Crippen LogP contribution in [0.25, 0.3) is 0 Å². The Kier molecular flexibility index (Phi) is 6.66. The molecule has 2 aromatic carbocycles. The fourth-order valence-electron chi connectivity index (χ4n) is 3.55. The first-order valence-electron chi connectivity index (χ1n) is 10.3. The van der Waals surface area contributed by atoms with Crippen molar-refractivity contribution in [3.05, 3.63) is 65.5 Å². The summed E-state index contributed by atoms with van der Waals surface area (Å²) in [7, 11) is -2.04. The maximum absolute atomic E-state index is 12.7. The largest absolute Gasteiger partial charge is 0.493 e. The molecule has 1 amide bonds. The van der Waals surface area contributed by atoms with E-state index in [0.29, 0.717) is 28.4 Å². The first-order chi connectivity index (χ1) is 15.4. The number of methoxy groups -OCH3 is 1. The van der Waals surface area contributed by atoms with E-state index in [1.807, 2.05) is 0 Å². The zero-order chi connectivity index (χ0) is 22.6. The van der Waals surface area contributed by atoms with E-state index >= 15 is 0 Å². The van der Waals surface area contributed by atoms with Crippen molar-refractivity contribution >= 4 is 38.6 Å². The summed E-state index contributed by atoms with van der Waals surface area (Å²) in [6, 6.07) is 14.8. The second-order valence-corrected chi connectivity index (χ2v) is 10.3. The van der Waals surface area contributed by atoms with Gasteiger partial charge in [-0.1, -0.05) is 6.07 Å². The van der Waals surface area contributed by atoms with E-state index in [0.717, 1.165) is 37.0 Å². The van der Waals surface area contributed by atoms with Crippen molar-refractivity contribution < 1.29 is 22.7 Å². The van der Waals surface area contributed by atoms with Gasteiger partial charge in [-0.2, -0.15) is 0 Å². The van der Waals surface area contributed by atoms with Crippen molar-refractivity contribution in [2.45, 2.75) is 36.0 Å². The molecule has 1 heterocycles. The van der Waals surface area contributed by atoms with Crippen LogP contribution in [0.5, 0.6) is 11.5 Å². The van der Waals surface area contributed by atoms with Gasteiger partial charge in [0.05, 0.1) is 13.2 Å². The summed E-state index contributed by atoms with van der Waals surface area (Å²) in [6.07, 6.45) is 4.51. The molecule has 0 atom stereocenters. The molecule has 4 rings (SSSR count). The lowest BCUT2D eigenvalue weighted by Crippen LogP contribution is -2.14. The van der Waals surface area contributed by atoms with E-state index in [4.69, 9.17) is 9.47 Å². The van der Waals surface area contributed by atoms with E-state index in [1.54, 1.807) is 61.0 Å². The average Bonchev–Trinajstić information content (AvgIpc) is 3.49. The van der Waals surface area contributed by atoms with Crippen LogP contribution in [0.15, 0.2) is 64.2 Å². The zero-order valence-electron chi connectivity index (χ0n) is 17.5. The number of hydrogen-bond acceptors (Lipinski definition) is 6. The predicted octanol–water partition coefficient (Wildman–Crippen LogP) is 5.13. The summed E-state index contributed by atoms with van der Waals surface area (Å²) >= 11 is 1.14. The van der Waals surface area contributed by atoms with Gasteiger partial charge in [0.25, 0.3) is 15.9 Å². The summed E-state index contributed by atoms with van der Waals surface area (Å²) < 4.78 is 38.9. The molecule has 0 aliphatic heterocycles. The maximum atomic E-state index is 12.7. The number of amides is 1. The second kappa shape index (κ2) is 9.62. The van der Waals surface area contributed by atoms with Crippen LogP contribution in [-0.4, -0.2) is 27.5 Å². The fourth-order valence-corrected chi connectivity index (χ4v) is 5.60. The highest BCUT2D eigenvalue weighted by Crippen LogP contribution is 2.34. The summed E-state index contributed by atoms with van der Waals surface area (Å²) in [4.78, 5) is 12.7. The Morgan fingerprint density at radius 3 is 2.38 bits per heavy atom. The molecule has 0 bridgehead atoms. The Bertz CT molecular complexity index is 1170. The lowest BCUT2D eigenvalue weighted by Gasteiger charge is -2.17. The van der Waals surface area contributed by atoms with Crippen molar-refractivity contribution in [1.29, 1.82) is 0 Å². The number of nitrogens with one attached hydrogen (secondary N) is 2. The van der Waals surface area contributed by atoms with Crippen molar-refractivity contribution in [1.82, 2.24) is 0 Å². The third-order valence-electron chi connectivity index (χ3n) is 5.18. The minimum absolute atomic E-state index is 0.167. The quantitative estimate of drug-likeness (QED) is 0.474. The van der Waals surface area contributed by atoms with E-state index < -0.39 is 10.0 Å². The number of rotatable bonds is 8.